The van der Waals surface area contributed by atoms with Gasteiger partial charge in [0.1, 0.15) is 18.1 Å². The Balaban J connectivity index is 2.18. The molecule has 0 bridgehead atoms. The Kier molecular flexibility index (Phi) is 5.08. The van der Waals surface area contributed by atoms with Gasteiger partial charge in [-0.05, 0) is 37.4 Å². The van der Waals surface area contributed by atoms with Crippen LogP contribution in [0.2, 0.25) is 0 Å². The van der Waals surface area contributed by atoms with Crippen molar-refractivity contribution < 1.29 is 14.3 Å². The first-order valence-electron chi connectivity index (χ1n) is 6.65. The van der Waals surface area contributed by atoms with E-state index in [-0.39, 0.29) is 6.61 Å². The molecular weight excluding hydrogens is 282 g/mol. The van der Waals surface area contributed by atoms with Crippen molar-refractivity contribution in [1.82, 2.24) is 10.2 Å². The fraction of sp³-hybridized carbons (Fsp3) is 0.188. The van der Waals surface area contributed by atoms with E-state index in [4.69, 9.17) is 9.47 Å². The Morgan fingerprint density at radius 3 is 2.95 bits per heavy atom. The molecule has 114 valence electrons. The number of aldehydes is 1. The Morgan fingerprint density at radius 2 is 2.32 bits per heavy atom. The number of aromatic nitrogens is 2. The second-order valence-corrected chi connectivity index (χ2v) is 4.41. The average molecular weight is 299 g/mol. The van der Waals surface area contributed by atoms with Gasteiger partial charge in [-0.15, -0.1) is 0 Å². The molecule has 0 spiro atoms. The molecule has 2 aromatic rings. The normalized spacial score (nSPS) is 11.1. The number of rotatable bonds is 7. The number of hydrogen-bond donors (Lipinski definition) is 1. The number of ether oxygens (including phenoxy) is 2. The summed E-state index contributed by atoms with van der Waals surface area (Å²) in [6.07, 6.45) is 4.31. The average Bonchev–Trinajstić information content (AvgIpc) is 3.04. The highest BCUT2D eigenvalue weighted by Crippen LogP contribution is 2.27. The molecular formula is C16H17N3O3. The fourth-order valence-corrected chi connectivity index (χ4v) is 1.98. The zero-order valence-electron chi connectivity index (χ0n) is 12.5. The number of nitrogens with zero attached hydrogens (tertiary/aromatic N) is 2. The van der Waals surface area contributed by atoms with Gasteiger partial charge in [-0.3, -0.25) is 9.89 Å². The van der Waals surface area contributed by atoms with Crippen LogP contribution in [0.5, 0.6) is 11.5 Å². The standard InChI is InChI=1S/C16H17N3O3/c1-4-11(14-8-18-19-16(14)17-2)10-22-15-6-5-13(21-3)7-12(15)9-20/h4-9H,2,10H2,1,3H3,(H,18,19)/b11-4-. The molecule has 0 unspecified atom stereocenters. The van der Waals surface area contributed by atoms with Crippen molar-refractivity contribution in [2.75, 3.05) is 13.7 Å². The summed E-state index contributed by atoms with van der Waals surface area (Å²) in [6, 6.07) is 5.08. The summed E-state index contributed by atoms with van der Waals surface area (Å²) >= 11 is 0. The summed E-state index contributed by atoms with van der Waals surface area (Å²) < 4.78 is 10.8. The van der Waals surface area contributed by atoms with Gasteiger partial charge in [0.2, 0.25) is 0 Å². The topological polar surface area (TPSA) is 76.6 Å². The summed E-state index contributed by atoms with van der Waals surface area (Å²) in [7, 11) is 1.55. The first-order chi connectivity index (χ1) is 10.7. The lowest BCUT2D eigenvalue weighted by atomic mass is 10.1. The summed E-state index contributed by atoms with van der Waals surface area (Å²) in [4.78, 5) is 15.0. The largest absolute Gasteiger partial charge is 0.497 e. The Hall–Kier alpha value is -2.89. The summed E-state index contributed by atoms with van der Waals surface area (Å²) in [5.74, 6) is 1.68. The van der Waals surface area contributed by atoms with Crippen molar-refractivity contribution in [3.8, 4) is 11.5 Å². The van der Waals surface area contributed by atoms with Crippen LogP contribution in [0.1, 0.15) is 22.8 Å². The van der Waals surface area contributed by atoms with Crippen LogP contribution in [-0.2, 0) is 0 Å². The molecule has 0 radical (unpaired) electrons. The molecule has 0 aliphatic heterocycles. The van der Waals surface area contributed by atoms with Gasteiger partial charge in [-0.1, -0.05) is 6.08 Å². The summed E-state index contributed by atoms with van der Waals surface area (Å²) in [6.45, 7) is 5.68. The smallest absolute Gasteiger partial charge is 0.154 e. The van der Waals surface area contributed by atoms with Crippen molar-refractivity contribution in [1.29, 1.82) is 0 Å². The minimum atomic E-state index is 0.283. The van der Waals surface area contributed by atoms with Crippen molar-refractivity contribution in [2.24, 2.45) is 4.99 Å². The predicted octanol–water partition coefficient (Wildman–Crippen LogP) is 3.05. The number of carbonyl (C=O) groups excluding carboxylic acids is 1. The summed E-state index contributed by atoms with van der Waals surface area (Å²) in [5.41, 5.74) is 2.14. The van der Waals surface area contributed by atoms with Crippen LogP contribution < -0.4 is 9.47 Å². The van der Waals surface area contributed by atoms with Crippen molar-refractivity contribution >= 4 is 24.4 Å². The molecule has 1 aromatic carbocycles. The number of methoxy groups -OCH3 is 1. The lowest BCUT2D eigenvalue weighted by Gasteiger charge is -2.11. The van der Waals surface area contributed by atoms with Gasteiger partial charge < -0.3 is 9.47 Å². The number of aromatic amines is 1. The predicted molar refractivity (Wildman–Crippen MR) is 85.3 cm³/mol. The first kappa shape index (κ1) is 15.5. The Labute approximate surface area is 128 Å². The van der Waals surface area contributed by atoms with Crippen LogP contribution in [0.25, 0.3) is 5.57 Å². The van der Waals surface area contributed by atoms with E-state index in [1.807, 2.05) is 13.0 Å². The second-order valence-electron chi connectivity index (χ2n) is 4.41. The van der Waals surface area contributed by atoms with E-state index < -0.39 is 0 Å². The third-order valence-corrected chi connectivity index (χ3v) is 3.20. The molecule has 6 nitrogen and oxygen atoms in total. The summed E-state index contributed by atoms with van der Waals surface area (Å²) in [5, 5.41) is 6.70. The van der Waals surface area contributed by atoms with E-state index in [0.717, 1.165) is 17.4 Å². The molecule has 0 fully saturated rings. The molecule has 0 saturated heterocycles. The van der Waals surface area contributed by atoms with Gasteiger partial charge in [-0.2, -0.15) is 5.10 Å². The van der Waals surface area contributed by atoms with Gasteiger partial charge in [-0.25, -0.2) is 4.99 Å². The molecule has 0 amide bonds. The first-order valence-corrected chi connectivity index (χ1v) is 6.65. The molecule has 1 aromatic heterocycles. The molecule has 6 heteroatoms. The van der Waals surface area contributed by atoms with E-state index >= 15 is 0 Å². The van der Waals surface area contributed by atoms with E-state index in [9.17, 15) is 4.79 Å². The van der Waals surface area contributed by atoms with Crippen molar-refractivity contribution in [3.63, 3.8) is 0 Å². The van der Waals surface area contributed by atoms with Crippen LogP contribution in [-0.4, -0.2) is 36.9 Å². The molecule has 1 heterocycles. The maximum Gasteiger partial charge on any atom is 0.154 e. The highest BCUT2D eigenvalue weighted by atomic mass is 16.5. The van der Waals surface area contributed by atoms with Gasteiger partial charge in [0.05, 0.1) is 18.9 Å². The highest BCUT2D eigenvalue weighted by Gasteiger charge is 2.11. The van der Waals surface area contributed by atoms with E-state index in [1.54, 1.807) is 31.5 Å². The minimum Gasteiger partial charge on any atom is -0.497 e. The molecule has 0 atom stereocenters. The number of H-pyrrole nitrogens is 1. The third-order valence-electron chi connectivity index (χ3n) is 3.20. The van der Waals surface area contributed by atoms with Crippen LogP contribution in [0.3, 0.4) is 0 Å². The number of aliphatic imine (C=N–C) groups is 1. The monoisotopic (exact) mass is 299 g/mol. The molecule has 0 saturated carbocycles. The molecule has 1 N–H and O–H groups in total. The minimum absolute atomic E-state index is 0.283. The van der Waals surface area contributed by atoms with E-state index in [1.165, 1.54) is 0 Å². The maximum absolute atomic E-state index is 11.2. The number of carbonyl (C=O) groups is 1. The van der Waals surface area contributed by atoms with Crippen LogP contribution in [0.4, 0.5) is 5.82 Å². The van der Waals surface area contributed by atoms with Gasteiger partial charge in [0.15, 0.2) is 12.1 Å². The second kappa shape index (κ2) is 7.21. The SMILES string of the molecule is C=Nc1[nH]ncc1/C(=C\C)COc1ccc(OC)cc1C=O. The molecule has 0 aliphatic rings. The molecule has 0 aliphatic carbocycles. The quantitative estimate of drug-likeness (QED) is 0.629. The zero-order valence-corrected chi connectivity index (χ0v) is 12.5. The number of benzene rings is 1. The fourth-order valence-electron chi connectivity index (χ4n) is 1.98. The highest BCUT2D eigenvalue weighted by molar-refractivity contribution is 5.80. The number of allylic oxidation sites excluding steroid dienone is 1. The van der Waals surface area contributed by atoms with Crippen molar-refractivity contribution in [3.05, 3.63) is 41.6 Å². The number of nitrogens with one attached hydrogen (secondary N) is 1. The van der Waals surface area contributed by atoms with Crippen LogP contribution in [0.15, 0.2) is 35.5 Å². The Bertz CT molecular complexity index is 704. The third kappa shape index (κ3) is 3.22. The van der Waals surface area contributed by atoms with E-state index in [0.29, 0.717) is 22.9 Å². The Morgan fingerprint density at radius 1 is 1.50 bits per heavy atom. The van der Waals surface area contributed by atoms with E-state index in [2.05, 4.69) is 21.9 Å². The van der Waals surface area contributed by atoms with Crippen LogP contribution >= 0.6 is 0 Å². The zero-order chi connectivity index (χ0) is 15.9. The maximum atomic E-state index is 11.2. The van der Waals surface area contributed by atoms with Gasteiger partial charge in [0.25, 0.3) is 0 Å². The van der Waals surface area contributed by atoms with Gasteiger partial charge in [0, 0.05) is 5.56 Å². The van der Waals surface area contributed by atoms with Crippen LogP contribution in [0, 0.1) is 0 Å². The molecule has 22 heavy (non-hydrogen) atoms. The number of hydrogen-bond acceptors (Lipinski definition) is 5. The lowest BCUT2D eigenvalue weighted by molar-refractivity contribution is 0.112. The molecule has 2 rings (SSSR count). The van der Waals surface area contributed by atoms with Crippen molar-refractivity contribution in [2.45, 2.75) is 6.92 Å². The van der Waals surface area contributed by atoms with Gasteiger partial charge >= 0.3 is 0 Å². The lowest BCUT2D eigenvalue weighted by Crippen LogP contribution is -2.02.